The standard InChI is InChI=1S/C50H90N10O10S/c1-28(2)24-35(44(63)54-34(19-23-71-11)48(67)60-22-15-18-40(60)50(69)70)56-45(64)36(25-29(3)4)55-42(61)33(16-12-13-20-51)53-43(62)37(26-30(5)6)57-46(65)39-17-14-21-59(39)49(68)38(27-31(7)8)58-47(66)41(52)32(9)10/h28-41H,12-27,51-52H2,1-11H3,(H,53,62)(H,54,63)(H,55,61)(H,56,64)(H,57,65)(H,58,66)(H,69,70)/t33-,34-,35-,36-,37-,38-,39-,40-,41-/m0/s1. The third-order valence-electron chi connectivity index (χ3n) is 12.8. The molecule has 20 nitrogen and oxygen atoms in total. The summed E-state index contributed by atoms with van der Waals surface area (Å²) in [7, 11) is 0. The number of carboxylic acids is 1. The Bertz CT molecular complexity index is 1780. The lowest BCUT2D eigenvalue weighted by molar-refractivity contribution is -0.149. The maximum Gasteiger partial charge on any atom is 0.326 e. The van der Waals surface area contributed by atoms with Crippen LogP contribution in [0.1, 0.15) is 146 Å². The maximum absolute atomic E-state index is 14.3. The van der Waals surface area contributed by atoms with E-state index in [2.05, 4.69) is 31.9 Å². The third kappa shape index (κ3) is 20.9. The van der Waals surface area contributed by atoms with Crippen LogP contribution >= 0.6 is 11.8 Å². The molecule has 8 amide bonds. The van der Waals surface area contributed by atoms with E-state index in [1.807, 2.05) is 75.5 Å². The molecule has 0 aromatic carbocycles. The first kappa shape index (κ1) is 62.6. The van der Waals surface area contributed by atoms with Crippen molar-refractivity contribution in [2.24, 2.45) is 41.1 Å². The largest absolute Gasteiger partial charge is 0.480 e. The molecule has 2 saturated heterocycles. The van der Waals surface area contributed by atoms with Gasteiger partial charge in [0.15, 0.2) is 0 Å². The molecule has 11 N–H and O–H groups in total. The van der Waals surface area contributed by atoms with Gasteiger partial charge in [0.25, 0.3) is 0 Å². The number of likely N-dealkylation sites (tertiary alicyclic amines) is 2. The number of hydrogen-bond acceptors (Lipinski definition) is 12. The highest BCUT2D eigenvalue weighted by Gasteiger charge is 2.41. The zero-order valence-corrected chi connectivity index (χ0v) is 45.3. The molecule has 0 aliphatic carbocycles. The zero-order chi connectivity index (χ0) is 53.7. The topological polar surface area (TPSA) is 305 Å². The summed E-state index contributed by atoms with van der Waals surface area (Å²) in [5.41, 5.74) is 11.9. The molecule has 0 aromatic heterocycles. The summed E-state index contributed by atoms with van der Waals surface area (Å²) in [6.07, 6.45) is 5.85. The minimum Gasteiger partial charge on any atom is -0.480 e. The van der Waals surface area contributed by atoms with Gasteiger partial charge in [-0.05, 0) is 125 Å². The van der Waals surface area contributed by atoms with E-state index in [1.54, 1.807) is 0 Å². The molecule has 0 bridgehead atoms. The van der Waals surface area contributed by atoms with Crippen molar-refractivity contribution in [2.45, 2.75) is 201 Å². The van der Waals surface area contributed by atoms with E-state index in [0.29, 0.717) is 57.2 Å². The summed E-state index contributed by atoms with van der Waals surface area (Å²) in [6, 6.07) is -9.15. The number of amides is 8. The van der Waals surface area contributed by atoms with Gasteiger partial charge in [0.2, 0.25) is 47.3 Å². The molecule has 2 rings (SSSR count). The van der Waals surface area contributed by atoms with E-state index in [9.17, 15) is 48.3 Å². The number of hydrogen-bond donors (Lipinski definition) is 9. The van der Waals surface area contributed by atoms with Gasteiger partial charge in [0.05, 0.1) is 6.04 Å². The molecule has 21 heteroatoms. The van der Waals surface area contributed by atoms with Crippen LogP contribution in [0.25, 0.3) is 0 Å². The molecule has 0 spiro atoms. The average Bonchev–Trinajstić information content (AvgIpc) is 3.99. The number of aliphatic carboxylic acids is 1. The van der Waals surface area contributed by atoms with Crippen LogP contribution in [0.2, 0.25) is 0 Å². The number of rotatable bonds is 31. The van der Waals surface area contributed by atoms with Crippen molar-refractivity contribution in [3.8, 4) is 0 Å². The Morgan fingerprint density at radius 1 is 0.535 bits per heavy atom. The summed E-state index contributed by atoms with van der Waals surface area (Å²) in [6.45, 7) is 19.6. The number of carbonyl (C=O) groups excluding carboxylic acids is 8. The second-order valence-electron chi connectivity index (χ2n) is 21.4. The van der Waals surface area contributed by atoms with Crippen molar-refractivity contribution in [3.63, 3.8) is 0 Å². The van der Waals surface area contributed by atoms with Crippen LogP contribution in [0.4, 0.5) is 0 Å². The van der Waals surface area contributed by atoms with Crippen LogP contribution in [0.3, 0.4) is 0 Å². The first-order valence-electron chi connectivity index (χ1n) is 25.9. The molecule has 0 saturated carbocycles. The van der Waals surface area contributed by atoms with E-state index >= 15 is 0 Å². The van der Waals surface area contributed by atoms with Gasteiger partial charge in [-0.1, -0.05) is 69.2 Å². The van der Waals surface area contributed by atoms with Crippen LogP contribution in [0.15, 0.2) is 0 Å². The monoisotopic (exact) mass is 1020 g/mol. The zero-order valence-electron chi connectivity index (χ0n) is 44.5. The Labute approximate surface area is 426 Å². The number of thioether (sulfide) groups is 1. The summed E-state index contributed by atoms with van der Waals surface area (Å²) < 4.78 is 0. The second kappa shape index (κ2) is 31.2. The number of nitrogens with two attached hydrogens (primary N) is 2. The fraction of sp³-hybridized carbons (Fsp3) is 0.820. The Morgan fingerprint density at radius 2 is 0.930 bits per heavy atom. The number of unbranched alkanes of at least 4 members (excludes halogenated alkanes) is 1. The van der Waals surface area contributed by atoms with E-state index in [1.165, 1.54) is 21.6 Å². The van der Waals surface area contributed by atoms with Gasteiger partial charge in [-0.25, -0.2) is 4.79 Å². The summed E-state index contributed by atoms with van der Waals surface area (Å²) in [4.78, 5) is 126. The Kier molecular flexibility index (Phi) is 27.5. The fourth-order valence-electron chi connectivity index (χ4n) is 8.97. The first-order chi connectivity index (χ1) is 33.3. The molecule has 0 unspecified atom stereocenters. The van der Waals surface area contributed by atoms with Gasteiger partial charge in [0, 0.05) is 13.1 Å². The summed E-state index contributed by atoms with van der Waals surface area (Å²) in [5.74, 6) is -5.42. The highest BCUT2D eigenvalue weighted by Crippen LogP contribution is 2.23. The molecule has 0 aromatic rings. The third-order valence-corrected chi connectivity index (χ3v) is 13.5. The lowest BCUT2D eigenvalue weighted by Crippen LogP contribution is -2.60. The van der Waals surface area contributed by atoms with Crippen molar-refractivity contribution in [1.29, 1.82) is 0 Å². The highest BCUT2D eigenvalue weighted by molar-refractivity contribution is 7.98. The van der Waals surface area contributed by atoms with Gasteiger partial charge >= 0.3 is 5.97 Å². The van der Waals surface area contributed by atoms with Crippen LogP contribution in [-0.4, -0.2) is 154 Å². The lowest BCUT2D eigenvalue weighted by Gasteiger charge is -2.32. The van der Waals surface area contributed by atoms with Crippen LogP contribution in [0.5, 0.6) is 0 Å². The molecule has 2 fully saturated rings. The Hall–Kier alpha value is -4.50. The van der Waals surface area contributed by atoms with E-state index in [0.717, 1.165) is 0 Å². The fourth-order valence-corrected chi connectivity index (χ4v) is 9.45. The molecule has 2 aliphatic rings. The van der Waals surface area contributed by atoms with Crippen molar-refractivity contribution in [1.82, 2.24) is 41.7 Å². The van der Waals surface area contributed by atoms with E-state index in [-0.39, 0.29) is 74.8 Å². The number of carbonyl (C=O) groups is 9. The molecule has 2 heterocycles. The predicted octanol–water partition coefficient (Wildman–Crippen LogP) is 2.01. The molecular weight excluding hydrogens is 933 g/mol. The Balaban J connectivity index is 2.36. The number of carboxylic acid groups (broad SMARTS) is 1. The average molecular weight is 1020 g/mol. The van der Waals surface area contributed by atoms with Gasteiger partial charge in [-0.3, -0.25) is 38.4 Å². The minimum absolute atomic E-state index is 0.0371. The van der Waals surface area contributed by atoms with E-state index < -0.39 is 108 Å². The van der Waals surface area contributed by atoms with Crippen LogP contribution < -0.4 is 43.4 Å². The predicted molar refractivity (Wildman–Crippen MR) is 275 cm³/mol. The van der Waals surface area contributed by atoms with E-state index in [4.69, 9.17) is 11.5 Å². The SMILES string of the molecule is CSCC[C@H](NC(=O)[C@H](CC(C)C)NC(=O)[C@H](CC(C)C)NC(=O)[C@H](CCCCN)NC(=O)[C@H](CC(C)C)NC(=O)[C@@H]1CCCN1C(=O)[C@H](CC(C)C)NC(=O)[C@@H](N)C(C)C)C(=O)N1CCC[C@H]1C(=O)O. The van der Waals surface area contributed by atoms with Gasteiger partial charge in [0.1, 0.15) is 48.3 Å². The Morgan fingerprint density at radius 3 is 1.38 bits per heavy atom. The van der Waals surface area contributed by atoms with Gasteiger partial charge < -0.3 is 58.3 Å². The van der Waals surface area contributed by atoms with Gasteiger partial charge in [-0.15, -0.1) is 0 Å². The molecule has 9 atom stereocenters. The maximum atomic E-state index is 14.3. The molecule has 2 aliphatic heterocycles. The smallest absolute Gasteiger partial charge is 0.326 e. The summed E-state index contributed by atoms with van der Waals surface area (Å²) in [5, 5.41) is 26.8. The molecule has 71 heavy (non-hydrogen) atoms. The van der Waals surface area contributed by atoms with Gasteiger partial charge in [-0.2, -0.15) is 11.8 Å². The molecule has 406 valence electrons. The second-order valence-corrected chi connectivity index (χ2v) is 22.4. The summed E-state index contributed by atoms with van der Waals surface area (Å²) >= 11 is 1.47. The van der Waals surface area contributed by atoms with Crippen molar-refractivity contribution >= 4 is 65.0 Å². The molecule has 0 radical (unpaired) electrons. The normalized spacial score (nSPS) is 19.0. The lowest BCUT2D eigenvalue weighted by atomic mass is 9.98. The first-order valence-corrected chi connectivity index (χ1v) is 27.3. The molecular formula is C50H90N10O10S. The van der Waals surface area contributed by atoms with Crippen molar-refractivity contribution < 1.29 is 48.3 Å². The van der Waals surface area contributed by atoms with Crippen LogP contribution in [-0.2, 0) is 43.2 Å². The van der Waals surface area contributed by atoms with Crippen molar-refractivity contribution in [3.05, 3.63) is 0 Å². The van der Waals surface area contributed by atoms with Crippen molar-refractivity contribution in [2.75, 3.05) is 31.6 Å². The highest BCUT2D eigenvalue weighted by atomic mass is 32.2. The number of nitrogens with zero attached hydrogens (tertiary/aromatic N) is 2. The van der Waals surface area contributed by atoms with Crippen LogP contribution in [0, 0.1) is 29.6 Å². The quantitative estimate of drug-likeness (QED) is 0.0450. The number of nitrogens with one attached hydrogen (secondary N) is 6. The minimum atomic E-state index is -1.15.